The number of rotatable bonds is 8. The lowest BCUT2D eigenvalue weighted by Crippen LogP contribution is -2.34. The van der Waals surface area contributed by atoms with E-state index in [0.717, 1.165) is 12.2 Å². The standard InChI is InChI=1S/C23H20Cl2FN3O2/c1-14(24)12-18(26)22(28-2)21(16-8-10-17(25)11-9-16)29-23(31)19(27)13-20(30)15-6-4-3-5-7-15/h3-13,21,27,30H,2H2,1H3,(H,29,31)/b14-12+,20-13-,22-18+,27-19?/t21-/m0/s1. The molecule has 0 fully saturated rings. The third-order valence-corrected chi connectivity index (χ3v) is 4.45. The fourth-order valence-electron chi connectivity index (χ4n) is 2.62. The van der Waals surface area contributed by atoms with Gasteiger partial charge in [0.2, 0.25) is 0 Å². The Balaban J connectivity index is 2.39. The Bertz CT molecular complexity index is 1060. The van der Waals surface area contributed by atoms with Crippen LogP contribution in [-0.2, 0) is 4.79 Å². The minimum atomic E-state index is -1.08. The van der Waals surface area contributed by atoms with Crippen LogP contribution in [0.25, 0.3) is 5.76 Å². The largest absolute Gasteiger partial charge is 0.507 e. The van der Waals surface area contributed by atoms with Crippen molar-refractivity contribution in [1.82, 2.24) is 5.32 Å². The number of allylic oxidation sites excluding steroid dienone is 3. The summed E-state index contributed by atoms with van der Waals surface area (Å²) in [7, 11) is 0. The summed E-state index contributed by atoms with van der Waals surface area (Å²) in [5.41, 5.74) is 0.171. The number of carbonyl (C=O) groups excluding carboxylic acids is 1. The van der Waals surface area contributed by atoms with Crippen LogP contribution in [0.1, 0.15) is 24.1 Å². The zero-order valence-electron chi connectivity index (χ0n) is 16.6. The summed E-state index contributed by atoms with van der Waals surface area (Å²) in [6.45, 7) is 4.88. The number of benzene rings is 2. The van der Waals surface area contributed by atoms with Gasteiger partial charge >= 0.3 is 0 Å². The lowest BCUT2D eigenvalue weighted by molar-refractivity contribution is -0.115. The second kappa shape index (κ2) is 11.2. The van der Waals surface area contributed by atoms with Crippen molar-refractivity contribution >= 4 is 47.3 Å². The van der Waals surface area contributed by atoms with Crippen LogP contribution in [0.2, 0.25) is 5.02 Å². The van der Waals surface area contributed by atoms with Crippen molar-refractivity contribution in [2.24, 2.45) is 4.99 Å². The van der Waals surface area contributed by atoms with Crippen LogP contribution in [0.15, 0.2) is 88.3 Å². The molecule has 8 heteroatoms. The molecule has 0 unspecified atom stereocenters. The molecule has 1 amide bonds. The number of aliphatic hydroxyl groups is 1. The molecule has 0 heterocycles. The molecular formula is C23H20Cl2FN3O2. The van der Waals surface area contributed by atoms with E-state index in [4.69, 9.17) is 28.6 Å². The fourth-order valence-corrected chi connectivity index (χ4v) is 2.84. The number of hydrogen-bond acceptors (Lipinski definition) is 4. The highest BCUT2D eigenvalue weighted by molar-refractivity contribution is 6.43. The van der Waals surface area contributed by atoms with E-state index >= 15 is 0 Å². The van der Waals surface area contributed by atoms with Crippen LogP contribution in [-0.4, -0.2) is 23.4 Å². The number of amides is 1. The van der Waals surface area contributed by atoms with Crippen molar-refractivity contribution in [3.63, 3.8) is 0 Å². The first-order chi connectivity index (χ1) is 14.7. The van der Waals surface area contributed by atoms with Crippen molar-refractivity contribution < 1.29 is 14.3 Å². The van der Waals surface area contributed by atoms with E-state index in [2.05, 4.69) is 17.0 Å². The van der Waals surface area contributed by atoms with E-state index in [0.29, 0.717) is 16.1 Å². The molecule has 0 radical (unpaired) electrons. The van der Waals surface area contributed by atoms with Crippen LogP contribution >= 0.6 is 23.2 Å². The Morgan fingerprint density at radius 2 is 1.81 bits per heavy atom. The monoisotopic (exact) mass is 459 g/mol. The van der Waals surface area contributed by atoms with Gasteiger partial charge in [0.15, 0.2) is 0 Å². The van der Waals surface area contributed by atoms with Gasteiger partial charge in [-0.05, 0) is 37.4 Å². The first-order valence-electron chi connectivity index (χ1n) is 9.04. The first kappa shape index (κ1) is 24.1. The quantitative estimate of drug-likeness (QED) is 0.251. The lowest BCUT2D eigenvalue weighted by Gasteiger charge is -2.20. The number of halogens is 3. The second-order valence-electron chi connectivity index (χ2n) is 6.39. The van der Waals surface area contributed by atoms with E-state index < -0.39 is 23.5 Å². The zero-order valence-corrected chi connectivity index (χ0v) is 18.1. The minimum Gasteiger partial charge on any atom is -0.507 e. The minimum absolute atomic E-state index is 0.170. The molecule has 0 aliphatic rings. The summed E-state index contributed by atoms with van der Waals surface area (Å²) in [5.74, 6) is -1.91. The number of aliphatic hydroxyl groups excluding tert-OH is 1. The van der Waals surface area contributed by atoms with E-state index in [1.807, 2.05) is 0 Å². The maximum Gasteiger partial charge on any atom is 0.270 e. The average molecular weight is 460 g/mol. The van der Waals surface area contributed by atoms with Crippen molar-refractivity contribution in [2.45, 2.75) is 13.0 Å². The molecule has 0 spiro atoms. The third-order valence-electron chi connectivity index (χ3n) is 4.09. The van der Waals surface area contributed by atoms with Crippen molar-refractivity contribution in [3.8, 4) is 0 Å². The Hall–Kier alpha value is -3.22. The fraction of sp³-hybridized carbons (Fsp3) is 0.0870. The molecule has 31 heavy (non-hydrogen) atoms. The van der Waals surface area contributed by atoms with E-state index in [1.54, 1.807) is 54.6 Å². The SMILES string of the molecule is C=N/C(=C(F)\C=C(/C)Cl)[C@@H](NC(=O)C(=N)/C=C(\O)c1ccccc1)c1ccc(Cl)cc1. The molecular weight excluding hydrogens is 440 g/mol. The highest BCUT2D eigenvalue weighted by atomic mass is 35.5. The molecule has 0 saturated carbocycles. The zero-order chi connectivity index (χ0) is 23.0. The molecule has 1 atom stereocenters. The van der Waals surface area contributed by atoms with Gasteiger partial charge in [-0.3, -0.25) is 15.2 Å². The highest BCUT2D eigenvalue weighted by Gasteiger charge is 2.23. The summed E-state index contributed by atoms with van der Waals surface area (Å²) in [4.78, 5) is 16.4. The number of nitrogens with one attached hydrogen (secondary N) is 2. The van der Waals surface area contributed by atoms with Gasteiger partial charge in [0.1, 0.15) is 23.0 Å². The van der Waals surface area contributed by atoms with Gasteiger partial charge in [-0.15, -0.1) is 0 Å². The van der Waals surface area contributed by atoms with Crippen LogP contribution in [0, 0.1) is 5.41 Å². The molecule has 2 aromatic carbocycles. The van der Waals surface area contributed by atoms with Gasteiger partial charge in [0.25, 0.3) is 5.91 Å². The maximum absolute atomic E-state index is 14.7. The Morgan fingerprint density at radius 1 is 1.19 bits per heavy atom. The molecule has 0 bridgehead atoms. The van der Waals surface area contributed by atoms with E-state index in [9.17, 15) is 14.3 Å². The predicted molar refractivity (Wildman–Crippen MR) is 124 cm³/mol. The molecule has 3 N–H and O–H groups in total. The summed E-state index contributed by atoms with van der Waals surface area (Å²) < 4.78 is 14.7. The summed E-state index contributed by atoms with van der Waals surface area (Å²) >= 11 is 11.7. The Morgan fingerprint density at radius 3 is 2.35 bits per heavy atom. The third kappa shape index (κ3) is 6.91. The van der Waals surface area contributed by atoms with Gasteiger partial charge in [-0.25, -0.2) is 4.39 Å². The average Bonchev–Trinajstić information content (AvgIpc) is 2.74. The molecule has 0 aliphatic heterocycles. The van der Waals surface area contributed by atoms with Gasteiger partial charge in [0.05, 0.1) is 6.04 Å². The van der Waals surface area contributed by atoms with Gasteiger partial charge < -0.3 is 10.4 Å². The smallest absolute Gasteiger partial charge is 0.270 e. The van der Waals surface area contributed by atoms with Gasteiger partial charge in [-0.1, -0.05) is 65.7 Å². The predicted octanol–water partition coefficient (Wildman–Crippen LogP) is 6.14. The molecule has 0 aromatic heterocycles. The molecule has 0 aliphatic carbocycles. The Kier molecular flexibility index (Phi) is 8.73. The van der Waals surface area contributed by atoms with Crippen LogP contribution < -0.4 is 5.32 Å². The number of carbonyl (C=O) groups is 1. The van der Waals surface area contributed by atoms with Crippen LogP contribution in [0.3, 0.4) is 0 Å². The molecule has 0 saturated heterocycles. The highest BCUT2D eigenvalue weighted by Crippen LogP contribution is 2.28. The van der Waals surface area contributed by atoms with Crippen molar-refractivity contribution in [3.05, 3.63) is 99.5 Å². The van der Waals surface area contributed by atoms with Gasteiger partial charge in [-0.2, -0.15) is 0 Å². The summed E-state index contributed by atoms with van der Waals surface area (Å²) in [6, 6.07) is 13.7. The van der Waals surface area contributed by atoms with E-state index in [1.165, 1.54) is 6.92 Å². The van der Waals surface area contributed by atoms with Gasteiger partial charge in [0, 0.05) is 21.7 Å². The molecule has 5 nitrogen and oxygen atoms in total. The first-order valence-corrected chi connectivity index (χ1v) is 9.79. The van der Waals surface area contributed by atoms with E-state index in [-0.39, 0.29) is 16.5 Å². The normalized spacial score (nSPS) is 13.8. The van der Waals surface area contributed by atoms with Crippen LogP contribution in [0.5, 0.6) is 0 Å². The van der Waals surface area contributed by atoms with Crippen molar-refractivity contribution in [1.29, 1.82) is 5.41 Å². The second-order valence-corrected chi connectivity index (χ2v) is 7.42. The molecule has 160 valence electrons. The summed E-state index contributed by atoms with van der Waals surface area (Å²) in [6.07, 6.45) is 2.06. The lowest BCUT2D eigenvalue weighted by atomic mass is 10.0. The number of nitrogens with zero attached hydrogens (tertiary/aromatic N) is 1. The van der Waals surface area contributed by atoms with Crippen molar-refractivity contribution in [2.75, 3.05) is 0 Å². The summed E-state index contributed by atoms with van der Waals surface area (Å²) in [5, 5.41) is 21.4. The topological polar surface area (TPSA) is 85.5 Å². The molecule has 2 aromatic rings. The van der Waals surface area contributed by atoms with Crippen LogP contribution in [0.4, 0.5) is 4.39 Å². The number of aliphatic imine (C=N–C) groups is 1. The Labute approximate surface area is 189 Å². The number of hydrogen-bond donors (Lipinski definition) is 3. The maximum atomic E-state index is 14.7. The molecule has 2 rings (SSSR count).